The molecule has 0 saturated carbocycles. The van der Waals surface area contributed by atoms with Gasteiger partial charge in [0.15, 0.2) is 5.78 Å². The lowest BCUT2D eigenvalue weighted by Gasteiger charge is -2.08. The van der Waals surface area contributed by atoms with E-state index in [0.717, 1.165) is 6.42 Å². The fraction of sp³-hybridized carbons (Fsp3) is 0.417. The van der Waals surface area contributed by atoms with Gasteiger partial charge in [0, 0.05) is 16.5 Å². The van der Waals surface area contributed by atoms with Gasteiger partial charge in [-0.25, -0.2) is 4.39 Å². The van der Waals surface area contributed by atoms with E-state index in [1.807, 2.05) is 6.92 Å². The molecular weight excluding hydrogens is 259 g/mol. The number of hydrogen-bond donors (Lipinski definition) is 0. The molecule has 0 bridgehead atoms. The number of halogens is 2. The molecular formula is C12H14BrFO. The van der Waals surface area contributed by atoms with Gasteiger partial charge in [0.2, 0.25) is 0 Å². The normalized spacial score (nSPS) is 12.5. The van der Waals surface area contributed by atoms with Crippen molar-refractivity contribution in [2.24, 2.45) is 5.92 Å². The molecule has 0 radical (unpaired) electrons. The molecule has 1 rings (SSSR count). The van der Waals surface area contributed by atoms with Crippen LogP contribution in [0.3, 0.4) is 0 Å². The van der Waals surface area contributed by atoms with Crippen LogP contribution in [0.2, 0.25) is 0 Å². The summed E-state index contributed by atoms with van der Waals surface area (Å²) in [6.07, 6.45) is 1.49. The lowest BCUT2D eigenvalue weighted by atomic mass is 9.98. The van der Waals surface area contributed by atoms with Gasteiger partial charge in [-0.3, -0.25) is 4.79 Å². The standard InChI is InChI=1S/C12H14BrFO/c1-3-8(2)6-12(15)10-5-4-9(14)7-11(10)13/h4-5,7-8H,3,6H2,1-2H3. The zero-order valence-electron chi connectivity index (χ0n) is 8.89. The van der Waals surface area contributed by atoms with Crippen LogP contribution in [-0.2, 0) is 0 Å². The molecule has 0 aliphatic rings. The molecule has 0 N–H and O–H groups in total. The van der Waals surface area contributed by atoms with E-state index in [1.165, 1.54) is 18.2 Å². The molecule has 82 valence electrons. The summed E-state index contributed by atoms with van der Waals surface area (Å²) in [6.45, 7) is 4.09. The first-order valence-corrected chi connectivity index (χ1v) is 5.82. The minimum Gasteiger partial charge on any atom is -0.294 e. The third-order valence-corrected chi connectivity index (χ3v) is 3.12. The van der Waals surface area contributed by atoms with Crippen molar-refractivity contribution in [2.45, 2.75) is 26.7 Å². The number of benzene rings is 1. The average molecular weight is 273 g/mol. The Balaban J connectivity index is 2.82. The van der Waals surface area contributed by atoms with Crippen molar-refractivity contribution in [3.63, 3.8) is 0 Å². The van der Waals surface area contributed by atoms with E-state index in [9.17, 15) is 9.18 Å². The number of hydrogen-bond acceptors (Lipinski definition) is 1. The van der Waals surface area contributed by atoms with Gasteiger partial charge < -0.3 is 0 Å². The van der Waals surface area contributed by atoms with Gasteiger partial charge >= 0.3 is 0 Å². The van der Waals surface area contributed by atoms with E-state index in [4.69, 9.17) is 0 Å². The van der Waals surface area contributed by atoms with E-state index in [0.29, 0.717) is 22.4 Å². The molecule has 0 spiro atoms. The molecule has 3 heteroatoms. The molecule has 0 aliphatic carbocycles. The molecule has 0 fully saturated rings. The van der Waals surface area contributed by atoms with Crippen LogP contribution in [0.4, 0.5) is 4.39 Å². The van der Waals surface area contributed by atoms with Gasteiger partial charge in [-0.05, 0) is 40.0 Å². The Morgan fingerprint density at radius 3 is 2.73 bits per heavy atom. The molecule has 1 atom stereocenters. The summed E-state index contributed by atoms with van der Waals surface area (Å²) in [5, 5.41) is 0. The first kappa shape index (κ1) is 12.4. The Labute approximate surface area is 97.8 Å². The number of carbonyl (C=O) groups excluding carboxylic acids is 1. The topological polar surface area (TPSA) is 17.1 Å². The summed E-state index contributed by atoms with van der Waals surface area (Å²) in [5.74, 6) is 0.104. The summed E-state index contributed by atoms with van der Waals surface area (Å²) in [7, 11) is 0. The molecule has 0 amide bonds. The van der Waals surface area contributed by atoms with Gasteiger partial charge in [-0.1, -0.05) is 20.3 Å². The summed E-state index contributed by atoms with van der Waals surface area (Å²) < 4.78 is 13.3. The van der Waals surface area contributed by atoms with Crippen molar-refractivity contribution in [2.75, 3.05) is 0 Å². The highest BCUT2D eigenvalue weighted by Crippen LogP contribution is 2.21. The minimum atomic E-state index is -0.332. The SMILES string of the molecule is CCC(C)CC(=O)c1ccc(F)cc1Br. The fourth-order valence-electron chi connectivity index (χ4n) is 1.29. The predicted molar refractivity (Wildman–Crippen MR) is 62.5 cm³/mol. The van der Waals surface area contributed by atoms with E-state index in [2.05, 4.69) is 22.9 Å². The number of Topliss-reactive ketones (excluding diaryl/α,β-unsaturated/α-hetero) is 1. The van der Waals surface area contributed by atoms with E-state index in [-0.39, 0.29) is 11.6 Å². The molecule has 0 heterocycles. The highest BCUT2D eigenvalue weighted by Gasteiger charge is 2.13. The molecule has 1 nitrogen and oxygen atoms in total. The third-order valence-electron chi connectivity index (χ3n) is 2.46. The number of rotatable bonds is 4. The van der Waals surface area contributed by atoms with Crippen molar-refractivity contribution in [1.29, 1.82) is 0 Å². The maximum atomic E-state index is 12.8. The number of carbonyl (C=O) groups is 1. The lowest BCUT2D eigenvalue weighted by Crippen LogP contribution is -2.06. The van der Waals surface area contributed by atoms with Gasteiger partial charge in [0.1, 0.15) is 5.82 Å². The van der Waals surface area contributed by atoms with Gasteiger partial charge in [-0.15, -0.1) is 0 Å². The van der Waals surface area contributed by atoms with Gasteiger partial charge in [0.25, 0.3) is 0 Å². The van der Waals surface area contributed by atoms with Gasteiger partial charge in [0.05, 0.1) is 0 Å². The van der Waals surface area contributed by atoms with E-state index >= 15 is 0 Å². The van der Waals surface area contributed by atoms with Crippen molar-refractivity contribution in [3.05, 3.63) is 34.1 Å². The second kappa shape index (κ2) is 5.40. The van der Waals surface area contributed by atoms with Crippen LogP contribution in [0.5, 0.6) is 0 Å². The quantitative estimate of drug-likeness (QED) is 0.751. The van der Waals surface area contributed by atoms with Crippen molar-refractivity contribution in [1.82, 2.24) is 0 Å². The monoisotopic (exact) mass is 272 g/mol. The second-order valence-electron chi connectivity index (χ2n) is 3.76. The first-order chi connectivity index (χ1) is 7.04. The van der Waals surface area contributed by atoms with Gasteiger partial charge in [-0.2, -0.15) is 0 Å². The average Bonchev–Trinajstić information content (AvgIpc) is 2.17. The summed E-state index contributed by atoms with van der Waals surface area (Å²) in [4.78, 5) is 11.8. The Morgan fingerprint density at radius 1 is 1.53 bits per heavy atom. The summed E-state index contributed by atoms with van der Waals surface area (Å²) in [5.41, 5.74) is 0.566. The maximum absolute atomic E-state index is 12.8. The Bertz CT molecular complexity index is 363. The van der Waals surface area contributed by atoms with E-state index < -0.39 is 0 Å². The third kappa shape index (κ3) is 3.42. The predicted octanol–water partition coefficient (Wildman–Crippen LogP) is 4.21. The molecule has 15 heavy (non-hydrogen) atoms. The largest absolute Gasteiger partial charge is 0.294 e. The van der Waals surface area contributed by atoms with Crippen LogP contribution >= 0.6 is 15.9 Å². The lowest BCUT2D eigenvalue weighted by molar-refractivity contribution is 0.0963. The van der Waals surface area contributed by atoms with Crippen LogP contribution in [0.1, 0.15) is 37.0 Å². The highest BCUT2D eigenvalue weighted by molar-refractivity contribution is 9.10. The van der Waals surface area contributed by atoms with Crippen molar-refractivity contribution < 1.29 is 9.18 Å². The highest BCUT2D eigenvalue weighted by atomic mass is 79.9. The molecule has 0 saturated heterocycles. The summed E-state index contributed by atoms with van der Waals surface area (Å²) >= 11 is 3.20. The molecule has 1 aromatic rings. The van der Waals surface area contributed by atoms with Crippen LogP contribution < -0.4 is 0 Å². The van der Waals surface area contributed by atoms with Crippen LogP contribution in [0.25, 0.3) is 0 Å². The second-order valence-corrected chi connectivity index (χ2v) is 4.62. The van der Waals surface area contributed by atoms with Crippen molar-refractivity contribution in [3.8, 4) is 0 Å². The van der Waals surface area contributed by atoms with E-state index in [1.54, 1.807) is 0 Å². The number of ketones is 1. The van der Waals surface area contributed by atoms with Crippen LogP contribution in [-0.4, -0.2) is 5.78 Å². The Morgan fingerprint density at radius 2 is 2.20 bits per heavy atom. The summed E-state index contributed by atoms with van der Waals surface area (Å²) in [6, 6.07) is 4.17. The smallest absolute Gasteiger partial charge is 0.164 e. The first-order valence-electron chi connectivity index (χ1n) is 5.02. The van der Waals surface area contributed by atoms with Crippen LogP contribution in [0.15, 0.2) is 22.7 Å². The maximum Gasteiger partial charge on any atom is 0.164 e. The Kier molecular flexibility index (Phi) is 4.45. The zero-order valence-corrected chi connectivity index (χ0v) is 10.5. The van der Waals surface area contributed by atoms with Crippen molar-refractivity contribution >= 4 is 21.7 Å². The zero-order chi connectivity index (χ0) is 11.4. The minimum absolute atomic E-state index is 0.0659. The Hall–Kier alpha value is -0.700. The van der Waals surface area contributed by atoms with Crippen LogP contribution in [0, 0.1) is 11.7 Å². The molecule has 0 aromatic heterocycles. The molecule has 1 unspecified atom stereocenters. The molecule has 1 aromatic carbocycles. The fourth-order valence-corrected chi connectivity index (χ4v) is 1.86. The molecule has 0 aliphatic heterocycles.